The Hall–Kier alpha value is -1.34. The zero-order valence-electron chi connectivity index (χ0n) is 12.5. The molecule has 2 aliphatic heterocycles. The number of hydrogen-bond acceptors (Lipinski definition) is 5. The maximum Gasteiger partial charge on any atom is 0.370 e. The highest BCUT2D eigenvalue weighted by atomic mass is 35.5. The second-order valence-corrected chi connectivity index (χ2v) is 7.33. The molecule has 1 aromatic carbocycles. The number of hydrogen-bond donors (Lipinski definition) is 0. The van der Waals surface area contributed by atoms with Crippen molar-refractivity contribution in [2.45, 2.75) is 17.7 Å². The fourth-order valence-electron chi connectivity index (χ4n) is 3.21. The maximum atomic E-state index is 13.4. The monoisotopic (exact) mass is 353 g/mol. The molecule has 0 amide bonds. The lowest BCUT2D eigenvalue weighted by Crippen LogP contribution is -2.54. The van der Waals surface area contributed by atoms with Crippen LogP contribution in [0, 0.1) is 5.21 Å². The molecule has 2 heterocycles. The first-order valence-corrected chi connectivity index (χ1v) is 8.51. The number of carbonyl (C=O) groups excluding carboxylic acids is 2. The van der Waals surface area contributed by atoms with Crippen LogP contribution in [0.1, 0.15) is 18.0 Å². The summed E-state index contributed by atoms with van der Waals surface area (Å²) < 4.78 is 4.10. The van der Waals surface area contributed by atoms with Crippen LogP contribution in [0.4, 0.5) is 0 Å². The number of likely N-dealkylation sites (tertiary alicyclic amines) is 1. The van der Waals surface area contributed by atoms with E-state index in [4.69, 9.17) is 16.3 Å². The van der Waals surface area contributed by atoms with Gasteiger partial charge in [-0.2, -0.15) is 0 Å². The topological polar surface area (TPSA) is 66.4 Å². The van der Waals surface area contributed by atoms with Gasteiger partial charge in [-0.25, -0.2) is 4.79 Å². The molecule has 1 unspecified atom stereocenters. The number of benzene rings is 1. The van der Waals surface area contributed by atoms with E-state index in [1.807, 2.05) is 0 Å². The molecule has 7 heteroatoms. The highest BCUT2D eigenvalue weighted by Crippen LogP contribution is 2.42. The lowest BCUT2D eigenvalue weighted by Gasteiger charge is -2.51. The number of fused-ring (bicyclic) bond motifs is 1. The Labute approximate surface area is 143 Å². The van der Waals surface area contributed by atoms with E-state index in [-0.39, 0.29) is 23.5 Å². The average molecular weight is 354 g/mol. The fraction of sp³-hybridized carbons (Fsp3) is 0.375. The number of methoxy groups -OCH3 is 1. The molecular formula is C16H16ClNO4S. The molecule has 0 aromatic heterocycles. The SMILES string of the molecule is COC(=O)[C@H](c1ccccc1Cl)[N+]1([O-])CC[C@@H]2SC(=O)C=C2C1. The van der Waals surface area contributed by atoms with Crippen molar-refractivity contribution in [2.75, 3.05) is 20.2 Å². The maximum absolute atomic E-state index is 13.4. The van der Waals surface area contributed by atoms with Gasteiger partial charge in [-0.3, -0.25) is 4.79 Å². The smallest absolute Gasteiger partial charge is 0.370 e. The summed E-state index contributed by atoms with van der Waals surface area (Å²) in [5.41, 5.74) is 1.27. The molecule has 122 valence electrons. The molecule has 0 bridgehead atoms. The standard InChI is InChI=1S/C16H16ClNO4S/c1-22-16(20)15(11-4-2-3-5-12(11)17)18(21)7-6-13-10(9-18)8-14(19)23-13/h2-5,8,13,15H,6-7,9H2,1H3/t13-,15-,18?/m0/s1. The fourth-order valence-corrected chi connectivity index (χ4v) is 4.47. The van der Waals surface area contributed by atoms with Crippen molar-refractivity contribution in [3.8, 4) is 0 Å². The molecule has 1 fully saturated rings. The molecule has 0 spiro atoms. The summed E-state index contributed by atoms with van der Waals surface area (Å²) in [6, 6.07) is 5.77. The van der Waals surface area contributed by atoms with Gasteiger partial charge in [0.2, 0.25) is 11.2 Å². The second-order valence-electron chi connectivity index (χ2n) is 5.71. The molecular weight excluding hydrogens is 338 g/mol. The van der Waals surface area contributed by atoms with Gasteiger partial charge in [0.15, 0.2) is 0 Å². The van der Waals surface area contributed by atoms with E-state index in [0.29, 0.717) is 17.0 Å². The minimum absolute atomic E-state index is 0.0224. The van der Waals surface area contributed by atoms with Crippen LogP contribution < -0.4 is 0 Å². The molecule has 0 radical (unpaired) electrons. The van der Waals surface area contributed by atoms with E-state index in [0.717, 1.165) is 5.57 Å². The Morgan fingerprint density at radius 1 is 1.48 bits per heavy atom. The van der Waals surface area contributed by atoms with E-state index in [2.05, 4.69) is 0 Å². The van der Waals surface area contributed by atoms with Gasteiger partial charge in [0.1, 0.15) is 6.54 Å². The van der Waals surface area contributed by atoms with Crippen molar-refractivity contribution in [1.82, 2.24) is 0 Å². The molecule has 1 saturated heterocycles. The molecule has 3 atom stereocenters. The van der Waals surface area contributed by atoms with Gasteiger partial charge in [0.25, 0.3) is 0 Å². The Morgan fingerprint density at radius 3 is 2.91 bits per heavy atom. The van der Waals surface area contributed by atoms with Crippen molar-refractivity contribution in [3.63, 3.8) is 0 Å². The van der Waals surface area contributed by atoms with Gasteiger partial charge in [-0.05, 0) is 12.1 Å². The van der Waals surface area contributed by atoms with Gasteiger partial charge in [0.05, 0.1) is 18.7 Å². The molecule has 23 heavy (non-hydrogen) atoms. The summed E-state index contributed by atoms with van der Waals surface area (Å²) in [5.74, 6) is -0.607. The summed E-state index contributed by atoms with van der Waals surface area (Å²) >= 11 is 7.46. The minimum Gasteiger partial charge on any atom is -0.632 e. The zero-order chi connectivity index (χ0) is 16.6. The Kier molecular flexibility index (Phi) is 4.51. The van der Waals surface area contributed by atoms with Crippen molar-refractivity contribution < 1.29 is 19.0 Å². The van der Waals surface area contributed by atoms with E-state index in [1.165, 1.54) is 24.9 Å². The third-order valence-corrected chi connectivity index (χ3v) is 5.81. The lowest BCUT2D eigenvalue weighted by atomic mass is 9.97. The van der Waals surface area contributed by atoms with Gasteiger partial charge >= 0.3 is 5.97 Å². The van der Waals surface area contributed by atoms with Crippen LogP contribution in [0.15, 0.2) is 35.9 Å². The number of piperidine rings is 1. The molecule has 2 aliphatic rings. The number of ether oxygens (including phenoxy) is 1. The van der Waals surface area contributed by atoms with E-state index < -0.39 is 16.7 Å². The summed E-state index contributed by atoms with van der Waals surface area (Å²) in [5, 5.41) is 13.8. The predicted octanol–water partition coefficient (Wildman–Crippen LogP) is 2.84. The van der Waals surface area contributed by atoms with E-state index in [9.17, 15) is 14.8 Å². The summed E-state index contributed by atoms with van der Waals surface area (Å²) in [4.78, 5) is 23.9. The summed E-state index contributed by atoms with van der Waals surface area (Å²) in [6.07, 6.45) is 2.09. The molecule has 0 aliphatic carbocycles. The molecule has 0 saturated carbocycles. The Bertz CT molecular complexity index is 692. The average Bonchev–Trinajstić information content (AvgIpc) is 2.88. The van der Waals surface area contributed by atoms with Gasteiger partial charge in [0, 0.05) is 22.8 Å². The largest absolute Gasteiger partial charge is 0.632 e. The number of hydroxylamine groups is 3. The van der Waals surface area contributed by atoms with Crippen LogP contribution in [0.2, 0.25) is 5.02 Å². The number of esters is 1. The molecule has 1 aromatic rings. The third kappa shape index (κ3) is 3.04. The number of nitrogens with zero attached hydrogens (tertiary/aromatic N) is 1. The number of carbonyl (C=O) groups is 2. The van der Waals surface area contributed by atoms with Crippen LogP contribution in [0.25, 0.3) is 0 Å². The van der Waals surface area contributed by atoms with Crippen LogP contribution in [0.5, 0.6) is 0 Å². The minimum atomic E-state index is -1.05. The predicted molar refractivity (Wildman–Crippen MR) is 88.7 cm³/mol. The number of rotatable bonds is 3. The lowest BCUT2D eigenvalue weighted by molar-refractivity contribution is -0.901. The van der Waals surface area contributed by atoms with Gasteiger partial charge in [-0.1, -0.05) is 41.6 Å². The second kappa shape index (κ2) is 6.28. The first-order valence-electron chi connectivity index (χ1n) is 7.26. The molecule has 3 rings (SSSR count). The highest BCUT2D eigenvalue weighted by Gasteiger charge is 2.45. The Morgan fingerprint density at radius 2 is 2.22 bits per heavy atom. The summed E-state index contributed by atoms with van der Waals surface area (Å²) in [7, 11) is 1.26. The number of thioether (sulfide) groups is 1. The quantitative estimate of drug-likeness (QED) is 0.475. The van der Waals surface area contributed by atoms with Gasteiger partial charge in [-0.15, -0.1) is 0 Å². The van der Waals surface area contributed by atoms with Crippen molar-refractivity contribution in [3.05, 3.63) is 51.7 Å². The highest BCUT2D eigenvalue weighted by molar-refractivity contribution is 8.15. The molecule has 5 nitrogen and oxygen atoms in total. The summed E-state index contributed by atoms with van der Waals surface area (Å²) in [6.45, 7) is 0.349. The first kappa shape index (κ1) is 16.5. The van der Waals surface area contributed by atoms with Crippen molar-refractivity contribution >= 4 is 34.4 Å². The van der Waals surface area contributed by atoms with Crippen LogP contribution in [-0.2, 0) is 14.3 Å². The molecule has 0 N–H and O–H groups in total. The van der Waals surface area contributed by atoms with Gasteiger partial charge < -0.3 is 14.6 Å². The van der Waals surface area contributed by atoms with Crippen molar-refractivity contribution in [2.24, 2.45) is 0 Å². The first-order chi connectivity index (χ1) is 10.9. The van der Waals surface area contributed by atoms with Crippen LogP contribution in [-0.4, -0.2) is 41.2 Å². The van der Waals surface area contributed by atoms with E-state index >= 15 is 0 Å². The third-order valence-electron chi connectivity index (χ3n) is 4.29. The van der Waals surface area contributed by atoms with Crippen LogP contribution >= 0.6 is 23.4 Å². The number of halogens is 1. The van der Waals surface area contributed by atoms with Crippen molar-refractivity contribution in [1.29, 1.82) is 0 Å². The Balaban J connectivity index is 2.00. The van der Waals surface area contributed by atoms with E-state index in [1.54, 1.807) is 24.3 Å². The normalized spacial score (nSPS) is 28.0. The number of quaternary nitrogens is 1. The zero-order valence-corrected chi connectivity index (χ0v) is 14.1. The van der Waals surface area contributed by atoms with Crippen LogP contribution in [0.3, 0.4) is 0 Å².